The van der Waals surface area contributed by atoms with Crippen LogP contribution in [0.4, 0.5) is 4.39 Å². The lowest BCUT2D eigenvalue weighted by Crippen LogP contribution is -2.09. The Balaban J connectivity index is 1.58. The number of benzene rings is 2. The smallest absolute Gasteiger partial charge is 0.343 e. The van der Waals surface area contributed by atoms with Crippen LogP contribution >= 0.6 is 0 Å². The van der Waals surface area contributed by atoms with Crippen LogP contribution in [0.25, 0.3) is 11.3 Å². The van der Waals surface area contributed by atoms with E-state index in [9.17, 15) is 9.18 Å². The Hall–Kier alpha value is -3.01. The van der Waals surface area contributed by atoms with Crippen LogP contribution < -0.4 is 4.74 Å². The van der Waals surface area contributed by atoms with Gasteiger partial charge in [0.2, 0.25) is 0 Å². The number of rotatable bonds is 10. The Kier molecular flexibility index (Phi) is 8.34. The van der Waals surface area contributed by atoms with Crippen molar-refractivity contribution in [1.29, 1.82) is 0 Å². The second-order valence-corrected chi connectivity index (χ2v) is 7.80. The molecule has 0 radical (unpaired) electrons. The quantitative estimate of drug-likeness (QED) is 0.198. The van der Waals surface area contributed by atoms with Crippen LogP contribution in [0.3, 0.4) is 0 Å². The minimum absolute atomic E-state index is 0.0572. The lowest BCUT2D eigenvalue weighted by atomic mass is 10.0. The zero-order valence-electron chi connectivity index (χ0n) is 18.4. The van der Waals surface area contributed by atoms with Gasteiger partial charge in [-0.3, -0.25) is 4.98 Å². The highest BCUT2D eigenvalue weighted by atomic mass is 19.1. The molecule has 0 aliphatic carbocycles. The number of hydrogen-bond donors (Lipinski definition) is 0. The molecule has 0 fully saturated rings. The van der Waals surface area contributed by atoms with Gasteiger partial charge in [0.05, 0.1) is 11.3 Å². The van der Waals surface area contributed by atoms with Crippen molar-refractivity contribution < 1.29 is 13.9 Å². The number of halogens is 1. The summed E-state index contributed by atoms with van der Waals surface area (Å²) in [6.07, 6.45) is 10.0. The highest BCUT2D eigenvalue weighted by Crippen LogP contribution is 2.22. The molecule has 0 N–H and O–H groups in total. The molecule has 0 atom stereocenters. The summed E-state index contributed by atoms with van der Waals surface area (Å²) >= 11 is 0. The lowest BCUT2D eigenvalue weighted by Gasteiger charge is -2.08. The number of unbranched alkanes of at least 4 members (excludes halogenated alkanes) is 4. The van der Waals surface area contributed by atoms with Crippen molar-refractivity contribution >= 4 is 5.97 Å². The minimum Gasteiger partial charge on any atom is -0.420 e. The van der Waals surface area contributed by atoms with Crippen LogP contribution in [0.1, 0.15) is 67.4 Å². The van der Waals surface area contributed by atoms with Gasteiger partial charge < -0.3 is 4.74 Å². The number of pyridine rings is 1. The van der Waals surface area contributed by atoms with Crippen LogP contribution in [-0.2, 0) is 12.8 Å². The number of aryl methyl sites for hydroxylation is 2. The first-order chi connectivity index (χ1) is 15.1. The van der Waals surface area contributed by atoms with Crippen molar-refractivity contribution in [2.45, 2.75) is 58.8 Å². The monoisotopic (exact) mass is 419 g/mol. The van der Waals surface area contributed by atoms with Gasteiger partial charge in [0.15, 0.2) is 11.6 Å². The largest absolute Gasteiger partial charge is 0.420 e. The van der Waals surface area contributed by atoms with E-state index in [1.54, 1.807) is 18.2 Å². The fourth-order valence-corrected chi connectivity index (χ4v) is 3.46. The molecule has 0 spiro atoms. The van der Waals surface area contributed by atoms with Gasteiger partial charge in [-0.05, 0) is 60.7 Å². The first-order valence-electron chi connectivity index (χ1n) is 11.2. The van der Waals surface area contributed by atoms with Crippen LogP contribution in [0.15, 0.2) is 60.8 Å². The third-order valence-corrected chi connectivity index (χ3v) is 5.42. The molecule has 3 rings (SSSR count). The Morgan fingerprint density at radius 3 is 2.29 bits per heavy atom. The number of nitrogens with zero attached hydrogens (tertiary/aromatic N) is 1. The van der Waals surface area contributed by atoms with Gasteiger partial charge in [-0.15, -0.1) is 0 Å². The standard InChI is InChI=1S/C27H30FNO2/c1-3-5-6-7-8-9-21-10-16-25(29-19-21)22-12-14-23(15-13-22)27(30)31-26-17-11-20(4-2)18-24(26)28/h10-19H,3-9H2,1-2H3. The summed E-state index contributed by atoms with van der Waals surface area (Å²) < 4.78 is 19.3. The van der Waals surface area contributed by atoms with Crippen LogP contribution in [0, 0.1) is 5.82 Å². The van der Waals surface area contributed by atoms with E-state index in [4.69, 9.17) is 4.74 Å². The zero-order chi connectivity index (χ0) is 22.1. The first-order valence-corrected chi connectivity index (χ1v) is 11.2. The number of carbonyl (C=O) groups is 1. The van der Waals surface area contributed by atoms with Gasteiger partial charge in [-0.2, -0.15) is 0 Å². The average molecular weight is 420 g/mol. The fraction of sp³-hybridized carbons (Fsp3) is 0.333. The van der Waals surface area contributed by atoms with Crippen LogP contribution in [0.2, 0.25) is 0 Å². The Labute approximate surface area is 184 Å². The third-order valence-electron chi connectivity index (χ3n) is 5.42. The van der Waals surface area contributed by atoms with Crippen LogP contribution in [0.5, 0.6) is 5.75 Å². The molecule has 0 unspecified atom stereocenters. The molecular weight excluding hydrogens is 389 g/mol. The van der Waals surface area contributed by atoms with E-state index in [0.29, 0.717) is 5.56 Å². The molecule has 162 valence electrons. The Bertz CT molecular complexity index is 981. The van der Waals surface area contributed by atoms with Crippen molar-refractivity contribution in [2.24, 2.45) is 0 Å². The van der Waals surface area contributed by atoms with Crippen molar-refractivity contribution in [3.63, 3.8) is 0 Å². The third kappa shape index (κ3) is 6.48. The van der Waals surface area contributed by atoms with Gasteiger partial charge in [0.25, 0.3) is 0 Å². The summed E-state index contributed by atoms with van der Waals surface area (Å²) in [5, 5.41) is 0. The van der Waals surface area contributed by atoms with Crippen molar-refractivity contribution in [2.75, 3.05) is 0 Å². The Morgan fingerprint density at radius 2 is 1.65 bits per heavy atom. The molecule has 0 saturated heterocycles. The normalized spacial score (nSPS) is 10.8. The summed E-state index contributed by atoms with van der Waals surface area (Å²) in [5.41, 5.74) is 4.25. The van der Waals surface area contributed by atoms with E-state index in [-0.39, 0.29) is 5.75 Å². The number of carbonyl (C=O) groups excluding carboxylic acids is 1. The van der Waals surface area contributed by atoms with Gasteiger partial charge in [0, 0.05) is 11.8 Å². The molecule has 0 bridgehead atoms. The van der Waals surface area contributed by atoms with Crippen molar-refractivity contribution in [3.8, 4) is 17.0 Å². The van der Waals surface area contributed by atoms with E-state index < -0.39 is 11.8 Å². The predicted molar refractivity (Wildman–Crippen MR) is 123 cm³/mol. The molecular formula is C27H30FNO2. The van der Waals surface area contributed by atoms with Crippen molar-refractivity contribution in [3.05, 3.63) is 83.3 Å². The van der Waals surface area contributed by atoms with Gasteiger partial charge >= 0.3 is 5.97 Å². The average Bonchev–Trinajstić information content (AvgIpc) is 2.80. The van der Waals surface area contributed by atoms with Crippen LogP contribution in [-0.4, -0.2) is 11.0 Å². The van der Waals surface area contributed by atoms with Gasteiger partial charge in [-0.1, -0.05) is 63.8 Å². The minimum atomic E-state index is -0.582. The van der Waals surface area contributed by atoms with E-state index in [2.05, 4.69) is 18.0 Å². The summed E-state index contributed by atoms with van der Waals surface area (Å²) in [4.78, 5) is 16.9. The highest BCUT2D eigenvalue weighted by Gasteiger charge is 2.13. The second kappa shape index (κ2) is 11.4. The van der Waals surface area contributed by atoms with E-state index >= 15 is 0 Å². The van der Waals surface area contributed by atoms with E-state index in [1.807, 2.05) is 31.3 Å². The summed E-state index contributed by atoms with van der Waals surface area (Å²) in [6.45, 7) is 4.17. The Morgan fingerprint density at radius 1 is 0.903 bits per heavy atom. The fourth-order valence-electron chi connectivity index (χ4n) is 3.46. The van der Waals surface area contributed by atoms with E-state index in [0.717, 1.165) is 29.7 Å². The molecule has 31 heavy (non-hydrogen) atoms. The molecule has 1 heterocycles. The van der Waals surface area contributed by atoms with Gasteiger partial charge in [-0.25, -0.2) is 9.18 Å². The van der Waals surface area contributed by atoms with Gasteiger partial charge in [0.1, 0.15) is 0 Å². The number of ether oxygens (including phenoxy) is 1. The topological polar surface area (TPSA) is 39.2 Å². The molecule has 3 aromatic rings. The molecule has 2 aromatic carbocycles. The summed E-state index contributed by atoms with van der Waals surface area (Å²) in [6, 6.07) is 15.8. The van der Waals surface area contributed by atoms with E-state index in [1.165, 1.54) is 49.8 Å². The maximum atomic E-state index is 14.1. The highest BCUT2D eigenvalue weighted by molar-refractivity contribution is 5.91. The first kappa shape index (κ1) is 22.7. The zero-order valence-corrected chi connectivity index (χ0v) is 18.4. The molecule has 3 nitrogen and oxygen atoms in total. The predicted octanol–water partition coefficient (Wildman–Crippen LogP) is 7.18. The molecule has 0 saturated carbocycles. The molecule has 0 aliphatic heterocycles. The second-order valence-electron chi connectivity index (χ2n) is 7.80. The summed E-state index contributed by atoms with van der Waals surface area (Å²) in [5.74, 6) is -1.17. The van der Waals surface area contributed by atoms with Crippen molar-refractivity contribution in [1.82, 2.24) is 4.98 Å². The SMILES string of the molecule is CCCCCCCc1ccc(-c2ccc(C(=O)Oc3ccc(CC)cc3F)cc2)nc1. The molecule has 0 aliphatic rings. The maximum Gasteiger partial charge on any atom is 0.343 e. The number of hydrogen-bond acceptors (Lipinski definition) is 3. The molecule has 4 heteroatoms. The summed E-state index contributed by atoms with van der Waals surface area (Å²) in [7, 11) is 0. The molecule has 0 amide bonds. The lowest BCUT2D eigenvalue weighted by molar-refractivity contribution is 0.0728. The maximum absolute atomic E-state index is 14.1. The number of aromatic nitrogens is 1. The number of esters is 1. The molecule has 1 aromatic heterocycles.